The maximum Gasteiger partial charge on any atom is 0.318 e. The lowest BCUT2D eigenvalue weighted by Crippen LogP contribution is -2.55. The maximum absolute atomic E-state index is 13.8. The summed E-state index contributed by atoms with van der Waals surface area (Å²) in [5, 5.41) is 9.51. The predicted octanol–water partition coefficient (Wildman–Crippen LogP) is 3.98. The Morgan fingerprint density at radius 1 is 1.14 bits per heavy atom. The number of rotatable bonds is 7. The summed E-state index contributed by atoms with van der Waals surface area (Å²) in [4.78, 5) is 30.9. The Morgan fingerprint density at radius 3 is 2.77 bits per heavy atom. The molecule has 2 saturated heterocycles. The van der Waals surface area contributed by atoms with E-state index in [1.165, 1.54) is 35.4 Å². The highest BCUT2D eigenvalue weighted by Gasteiger charge is 2.42. The number of nitrogens with zero attached hydrogens (tertiary/aromatic N) is 7. The molecule has 1 aromatic carbocycles. The Morgan fingerprint density at radius 2 is 2.02 bits per heavy atom. The van der Waals surface area contributed by atoms with Crippen LogP contribution in [0, 0.1) is 17.2 Å². The minimum Gasteiger partial charge on any atom is -0.462 e. The number of carbonyl (C=O) groups is 1. The molecule has 226 valence electrons. The zero-order valence-electron chi connectivity index (χ0n) is 25.0. The molecule has 3 aliphatic heterocycles. The first-order chi connectivity index (χ1) is 20.9. The van der Waals surface area contributed by atoms with Gasteiger partial charge >= 0.3 is 6.01 Å². The molecule has 2 aromatic rings. The van der Waals surface area contributed by atoms with Crippen molar-refractivity contribution in [3.05, 3.63) is 53.0 Å². The Bertz CT molecular complexity index is 1470. The lowest BCUT2D eigenvalue weighted by atomic mass is 9.74. The van der Waals surface area contributed by atoms with Crippen molar-refractivity contribution in [1.82, 2.24) is 19.8 Å². The summed E-state index contributed by atoms with van der Waals surface area (Å²) >= 11 is 0. The van der Waals surface area contributed by atoms with E-state index in [0.29, 0.717) is 50.8 Å². The molecule has 10 heteroatoms. The molecule has 7 rings (SSSR count). The van der Waals surface area contributed by atoms with E-state index in [-0.39, 0.29) is 6.42 Å². The third kappa shape index (κ3) is 5.12. The largest absolute Gasteiger partial charge is 0.462 e. The second-order valence-corrected chi connectivity index (χ2v) is 12.9. The summed E-state index contributed by atoms with van der Waals surface area (Å²) in [5.41, 5.74) is 6.47. The van der Waals surface area contributed by atoms with E-state index >= 15 is 0 Å². The van der Waals surface area contributed by atoms with E-state index in [1.54, 1.807) is 5.56 Å². The van der Waals surface area contributed by atoms with Crippen molar-refractivity contribution in [2.24, 2.45) is 5.92 Å². The first-order valence-corrected chi connectivity index (χ1v) is 15.8. The topological polar surface area (TPSA) is 88.8 Å². The van der Waals surface area contributed by atoms with Crippen molar-refractivity contribution in [1.29, 1.82) is 5.26 Å². The molecule has 9 nitrogen and oxygen atoms in total. The molecule has 2 aliphatic carbocycles. The monoisotopic (exact) mass is 585 g/mol. The van der Waals surface area contributed by atoms with Gasteiger partial charge in [0.15, 0.2) is 5.83 Å². The maximum atomic E-state index is 13.8. The molecule has 5 aliphatic rings. The highest BCUT2D eigenvalue weighted by molar-refractivity contribution is 5.91. The summed E-state index contributed by atoms with van der Waals surface area (Å²) in [6, 6.07) is 9.22. The molecule has 0 N–H and O–H groups in total. The molecule has 3 fully saturated rings. The van der Waals surface area contributed by atoms with Gasteiger partial charge in [-0.15, -0.1) is 0 Å². The molecular weight excluding hydrogens is 545 g/mol. The van der Waals surface area contributed by atoms with E-state index < -0.39 is 17.8 Å². The fourth-order valence-corrected chi connectivity index (χ4v) is 7.99. The van der Waals surface area contributed by atoms with Crippen molar-refractivity contribution in [2.45, 2.75) is 69.5 Å². The van der Waals surface area contributed by atoms with Crippen LogP contribution in [0.4, 0.5) is 15.9 Å². The first kappa shape index (κ1) is 28.1. The van der Waals surface area contributed by atoms with Gasteiger partial charge in [0, 0.05) is 43.5 Å². The van der Waals surface area contributed by atoms with Crippen LogP contribution in [0.3, 0.4) is 0 Å². The molecule has 4 atom stereocenters. The van der Waals surface area contributed by atoms with Crippen LogP contribution in [0.1, 0.15) is 60.4 Å². The number of likely N-dealkylation sites (tertiary alicyclic amines) is 1. The van der Waals surface area contributed by atoms with Gasteiger partial charge in [-0.05, 0) is 81.1 Å². The van der Waals surface area contributed by atoms with E-state index in [9.17, 15) is 14.4 Å². The molecular formula is C33H40FN7O2. The molecule has 1 saturated carbocycles. The van der Waals surface area contributed by atoms with Crippen LogP contribution in [-0.2, 0) is 24.2 Å². The Balaban J connectivity index is 1.19. The van der Waals surface area contributed by atoms with Crippen molar-refractivity contribution < 1.29 is 13.9 Å². The van der Waals surface area contributed by atoms with Crippen LogP contribution in [0.5, 0.6) is 6.01 Å². The van der Waals surface area contributed by atoms with Crippen LogP contribution in [-0.4, -0.2) is 84.1 Å². The summed E-state index contributed by atoms with van der Waals surface area (Å²) in [6.07, 6.45) is 6.97. The van der Waals surface area contributed by atoms with Gasteiger partial charge in [-0.25, -0.2) is 4.39 Å². The number of halogens is 1. The Kier molecular flexibility index (Phi) is 7.46. The van der Waals surface area contributed by atoms with Crippen molar-refractivity contribution >= 4 is 17.4 Å². The molecule has 1 aromatic heterocycles. The van der Waals surface area contributed by atoms with Crippen molar-refractivity contribution in [3.8, 4) is 12.1 Å². The van der Waals surface area contributed by atoms with E-state index in [2.05, 4.69) is 52.6 Å². The van der Waals surface area contributed by atoms with Gasteiger partial charge in [0.05, 0.1) is 30.8 Å². The van der Waals surface area contributed by atoms with Gasteiger partial charge in [0.1, 0.15) is 12.4 Å². The lowest BCUT2D eigenvalue weighted by molar-refractivity contribution is -0.131. The number of hydrogen-bond acceptors (Lipinski definition) is 8. The highest BCUT2D eigenvalue weighted by Crippen LogP contribution is 2.54. The van der Waals surface area contributed by atoms with Crippen LogP contribution in [0.2, 0.25) is 0 Å². The fourth-order valence-electron chi connectivity index (χ4n) is 7.99. The number of aromatic nitrogens is 2. The highest BCUT2D eigenvalue weighted by atomic mass is 19.1. The number of hydrogen-bond donors (Lipinski definition) is 0. The van der Waals surface area contributed by atoms with Gasteiger partial charge < -0.3 is 24.3 Å². The smallest absolute Gasteiger partial charge is 0.318 e. The molecule has 2 unspecified atom stereocenters. The number of likely N-dealkylation sites (N-methyl/N-ethyl adjacent to an activating group) is 1. The molecule has 0 radical (unpaired) electrons. The van der Waals surface area contributed by atoms with Gasteiger partial charge in [0.25, 0.3) is 5.91 Å². The predicted molar refractivity (Wildman–Crippen MR) is 162 cm³/mol. The SMILES string of the molecule is C=C(F)C(=O)N1CCN(c2nc(OC[C@@H]3CCCN3C)nc3c2CCN(c2cccc4c2C2CCC2C4)C3)C[C@@H]1CC#N. The Labute approximate surface area is 252 Å². The summed E-state index contributed by atoms with van der Waals surface area (Å²) < 4.78 is 20.1. The molecule has 43 heavy (non-hydrogen) atoms. The second kappa shape index (κ2) is 11.4. The molecule has 4 heterocycles. The van der Waals surface area contributed by atoms with Gasteiger partial charge in [-0.3, -0.25) is 4.79 Å². The fraction of sp³-hybridized carbons (Fsp3) is 0.576. The van der Waals surface area contributed by atoms with E-state index in [0.717, 1.165) is 55.3 Å². The van der Waals surface area contributed by atoms with Crippen LogP contribution < -0.4 is 14.5 Å². The minimum atomic E-state index is -0.996. The average molecular weight is 586 g/mol. The van der Waals surface area contributed by atoms with E-state index in [1.807, 2.05) is 0 Å². The Hall–Kier alpha value is -3.71. The van der Waals surface area contributed by atoms with Gasteiger partial charge in [-0.2, -0.15) is 15.2 Å². The van der Waals surface area contributed by atoms with Crippen LogP contribution in [0.15, 0.2) is 30.6 Å². The average Bonchev–Trinajstić information content (AvgIpc) is 3.53. The quantitative estimate of drug-likeness (QED) is 0.451. The van der Waals surface area contributed by atoms with Crippen LogP contribution >= 0.6 is 0 Å². The summed E-state index contributed by atoms with van der Waals surface area (Å²) in [5.74, 6) is 0.564. The van der Waals surface area contributed by atoms with E-state index in [4.69, 9.17) is 14.7 Å². The number of amides is 1. The number of piperazine rings is 1. The van der Waals surface area contributed by atoms with Crippen molar-refractivity contribution in [2.75, 3.05) is 56.2 Å². The number of ether oxygens (including phenoxy) is 1. The number of carbonyl (C=O) groups excluding carboxylic acids is 1. The zero-order chi connectivity index (χ0) is 29.7. The number of anilines is 2. The zero-order valence-corrected chi connectivity index (χ0v) is 25.0. The number of nitriles is 1. The summed E-state index contributed by atoms with van der Waals surface area (Å²) in [6.45, 7) is 7.51. The summed E-state index contributed by atoms with van der Waals surface area (Å²) in [7, 11) is 2.13. The minimum absolute atomic E-state index is 0.106. The normalized spacial score (nSPS) is 26.3. The standard InChI is InChI=1S/C33H40FN7O2/c1-21(34)32(42)41-16-15-40(18-24(41)10-12-35)31-27-11-14-39(29-7-3-5-23-17-22-8-9-26(22)30(23)29)19-28(27)36-33(37-31)43-20-25-6-4-13-38(25)2/h3,5,7,22,24-26H,1,4,6,8-11,13-20H2,2H3/t22?,24-,25-,26?/m0/s1. The second-order valence-electron chi connectivity index (χ2n) is 12.9. The molecule has 0 spiro atoms. The van der Waals surface area contributed by atoms with Gasteiger partial charge in [0.2, 0.25) is 0 Å². The van der Waals surface area contributed by atoms with Crippen LogP contribution in [0.25, 0.3) is 0 Å². The van der Waals surface area contributed by atoms with Crippen molar-refractivity contribution in [3.63, 3.8) is 0 Å². The number of benzene rings is 1. The van der Waals surface area contributed by atoms with Gasteiger partial charge in [-0.1, -0.05) is 18.7 Å². The number of fused-ring (bicyclic) bond motifs is 4. The molecule has 1 amide bonds. The third-order valence-electron chi connectivity index (χ3n) is 10.5. The third-order valence-corrected chi connectivity index (χ3v) is 10.5. The first-order valence-electron chi connectivity index (χ1n) is 15.8. The lowest BCUT2D eigenvalue weighted by Gasteiger charge is -2.42. The molecule has 0 bridgehead atoms.